The summed E-state index contributed by atoms with van der Waals surface area (Å²) >= 11 is 1.38. The number of nitrogens with two attached hydrogens (primary N) is 1. The number of para-hydroxylation sites is 1. The van der Waals surface area contributed by atoms with Gasteiger partial charge in [0.2, 0.25) is 5.91 Å². The molecule has 0 saturated carbocycles. The van der Waals surface area contributed by atoms with Crippen molar-refractivity contribution in [2.75, 3.05) is 0 Å². The Kier molecular flexibility index (Phi) is 4.49. The van der Waals surface area contributed by atoms with Crippen LogP contribution in [0.15, 0.2) is 41.8 Å². The number of carbonyl (C=O) groups excluding carboxylic acids is 1. The Hall–Kier alpha value is -1.75. The fourth-order valence-electron chi connectivity index (χ4n) is 1.97. The highest BCUT2D eigenvalue weighted by Crippen LogP contribution is 2.28. The molecule has 0 fully saturated rings. The third kappa shape index (κ3) is 3.04. The normalized spacial score (nSPS) is 12.6. The van der Waals surface area contributed by atoms with Crippen molar-refractivity contribution in [2.24, 2.45) is 5.73 Å². The Labute approximate surface area is 123 Å². The Morgan fingerprint density at radius 1 is 1.30 bits per heavy atom. The highest BCUT2D eigenvalue weighted by molar-refractivity contribution is 8.00. The largest absolute Gasteiger partial charge is 0.369 e. The Morgan fingerprint density at radius 3 is 2.65 bits per heavy atom. The van der Waals surface area contributed by atoms with Gasteiger partial charge in [0.15, 0.2) is 5.16 Å². The van der Waals surface area contributed by atoms with Gasteiger partial charge in [0.1, 0.15) is 0 Å². The minimum absolute atomic E-state index is 0.303. The van der Waals surface area contributed by atoms with Gasteiger partial charge in [0.25, 0.3) is 0 Å². The number of hydrogen-bond donors (Lipinski definition) is 1. The lowest BCUT2D eigenvalue weighted by Crippen LogP contribution is -2.23. The Morgan fingerprint density at radius 2 is 2.00 bits per heavy atom. The van der Waals surface area contributed by atoms with E-state index in [9.17, 15) is 4.79 Å². The van der Waals surface area contributed by atoms with Gasteiger partial charge in [0, 0.05) is 12.4 Å². The second kappa shape index (κ2) is 6.13. The Bertz CT molecular complexity index is 607. The first-order chi connectivity index (χ1) is 9.50. The van der Waals surface area contributed by atoms with Gasteiger partial charge in [-0.1, -0.05) is 43.8 Å². The van der Waals surface area contributed by atoms with Crippen molar-refractivity contribution < 1.29 is 4.79 Å². The molecule has 1 atom stereocenters. The smallest absolute Gasteiger partial charge is 0.230 e. The zero-order chi connectivity index (χ0) is 14.7. The number of amides is 1. The van der Waals surface area contributed by atoms with Crippen molar-refractivity contribution in [2.45, 2.75) is 37.1 Å². The summed E-state index contributed by atoms with van der Waals surface area (Å²) in [4.78, 5) is 15.5. The van der Waals surface area contributed by atoms with Crippen LogP contribution in [0, 0.1) is 0 Å². The van der Waals surface area contributed by atoms with Crippen LogP contribution >= 0.6 is 11.8 Å². The minimum Gasteiger partial charge on any atom is -0.369 e. The molecule has 0 aliphatic heterocycles. The molecule has 0 unspecified atom stereocenters. The molecule has 2 N–H and O–H groups in total. The van der Waals surface area contributed by atoms with Gasteiger partial charge >= 0.3 is 0 Å². The quantitative estimate of drug-likeness (QED) is 0.861. The van der Waals surface area contributed by atoms with Crippen LogP contribution in [-0.2, 0) is 4.79 Å². The van der Waals surface area contributed by atoms with Crippen molar-refractivity contribution in [1.82, 2.24) is 9.55 Å². The maximum absolute atomic E-state index is 11.2. The van der Waals surface area contributed by atoms with E-state index in [0.717, 1.165) is 10.8 Å². The second-order valence-corrected chi connectivity index (χ2v) is 6.26. The van der Waals surface area contributed by atoms with Crippen LogP contribution in [0.5, 0.6) is 0 Å². The van der Waals surface area contributed by atoms with Gasteiger partial charge in [-0.25, -0.2) is 4.98 Å². The van der Waals surface area contributed by atoms with E-state index in [2.05, 4.69) is 31.0 Å². The molecular weight excluding hydrogens is 270 g/mol. The molecule has 5 heteroatoms. The summed E-state index contributed by atoms with van der Waals surface area (Å²) < 4.78 is 2.01. The van der Waals surface area contributed by atoms with Gasteiger partial charge in [-0.2, -0.15) is 0 Å². The molecule has 2 rings (SSSR count). The standard InChI is InChI=1S/C15H19N3OS/c1-10(2)12-6-4-5-7-13(12)18-9-8-17-15(18)20-11(3)14(16)19/h4-11H,1-3H3,(H2,16,19)/t11-/m1/s1. The zero-order valence-corrected chi connectivity index (χ0v) is 12.7. The number of hydrogen-bond acceptors (Lipinski definition) is 3. The molecule has 1 heterocycles. The zero-order valence-electron chi connectivity index (χ0n) is 11.9. The van der Waals surface area contributed by atoms with Gasteiger partial charge in [-0.3, -0.25) is 9.36 Å². The van der Waals surface area contributed by atoms with E-state index in [0.29, 0.717) is 5.92 Å². The van der Waals surface area contributed by atoms with E-state index >= 15 is 0 Å². The molecule has 20 heavy (non-hydrogen) atoms. The summed E-state index contributed by atoms with van der Waals surface area (Å²) in [6.45, 7) is 6.11. The summed E-state index contributed by atoms with van der Waals surface area (Å²) in [6, 6.07) is 8.23. The molecule has 0 aliphatic carbocycles. The molecule has 0 radical (unpaired) electrons. The highest BCUT2D eigenvalue weighted by atomic mass is 32.2. The summed E-state index contributed by atoms with van der Waals surface area (Å²) in [5.41, 5.74) is 7.67. The molecule has 0 saturated heterocycles. The topological polar surface area (TPSA) is 60.9 Å². The number of carbonyl (C=O) groups is 1. The maximum Gasteiger partial charge on any atom is 0.230 e. The van der Waals surface area contributed by atoms with Gasteiger partial charge in [-0.15, -0.1) is 0 Å². The summed E-state index contributed by atoms with van der Waals surface area (Å²) in [5.74, 6) is 0.0849. The number of benzene rings is 1. The summed E-state index contributed by atoms with van der Waals surface area (Å²) in [6.07, 6.45) is 3.66. The van der Waals surface area contributed by atoms with Crippen LogP contribution in [-0.4, -0.2) is 20.7 Å². The molecule has 0 aliphatic rings. The van der Waals surface area contributed by atoms with E-state index in [1.807, 2.05) is 22.9 Å². The fourth-order valence-corrected chi connectivity index (χ4v) is 2.80. The van der Waals surface area contributed by atoms with Crippen molar-refractivity contribution in [1.29, 1.82) is 0 Å². The van der Waals surface area contributed by atoms with Crippen LogP contribution in [0.1, 0.15) is 32.3 Å². The maximum atomic E-state index is 11.2. The monoisotopic (exact) mass is 289 g/mol. The molecule has 1 aromatic heterocycles. The summed E-state index contributed by atoms with van der Waals surface area (Å²) in [7, 11) is 0. The van der Waals surface area contributed by atoms with E-state index in [1.165, 1.54) is 17.3 Å². The molecule has 0 bridgehead atoms. The molecule has 2 aromatic rings. The van der Waals surface area contributed by atoms with E-state index in [4.69, 9.17) is 5.73 Å². The number of aromatic nitrogens is 2. The van der Waals surface area contributed by atoms with E-state index in [-0.39, 0.29) is 11.2 Å². The van der Waals surface area contributed by atoms with Crippen LogP contribution in [0.2, 0.25) is 0 Å². The third-order valence-electron chi connectivity index (χ3n) is 3.11. The first-order valence-electron chi connectivity index (χ1n) is 6.59. The number of nitrogens with zero attached hydrogens (tertiary/aromatic N) is 2. The SMILES string of the molecule is CC(C)c1ccccc1-n1ccnc1S[C@H](C)C(N)=O. The van der Waals surface area contributed by atoms with Crippen molar-refractivity contribution in [3.8, 4) is 5.69 Å². The average Bonchev–Trinajstić information content (AvgIpc) is 2.86. The Balaban J connectivity index is 2.40. The predicted molar refractivity (Wildman–Crippen MR) is 82.2 cm³/mol. The summed E-state index contributed by atoms with van der Waals surface area (Å²) in [5, 5.41) is 0.478. The predicted octanol–water partition coefficient (Wildman–Crippen LogP) is 2.96. The number of rotatable bonds is 5. The lowest BCUT2D eigenvalue weighted by molar-refractivity contribution is -0.117. The molecular formula is C15H19N3OS. The van der Waals surface area contributed by atoms with Gasteiger partial charge in [0.05, 0.1) is 10.9 Å². The number of imidazole rings is 1. The number of primary amides is 1. The molecule has 4 nitrogen and oxygen atoms in total. The molecule has 0 spiro atoms. The first kappa shape index (κ1) is 14.7. The lowest BCUT2D eigenvalue weighted by Gasteiger charge is -2.16. The molecule has 106 valence electrons. The number of thioether (sulfide) groups is 1. The molecule has 1 amide bonds. The lowest BCUT2D eigenvalue weighted by atomic mass is 10.0. The highest BCUT2D eigenvalue weighted by Gasteiger charge is 2.16. The third-order valence-corrected chi connectivity index (χ3v) is 4.21. The fraction of sp³-hybridized carbons (Fsp3) is 0.333. The molecule has 1 aromatic carbocycles. The van der Waals surface area contributed by atoms with Crippen LogP contribution in [0.3, 0.4) is 0 Å². The van der Waals surface area contributed by atoms with Gasteiger partial charge in [-0.05, 0) is 24.5 Å². The van der Waals surface area contributed by atoms with Gasteiger partial charge < -0.3 is 5.73 Å². The van der Waals surface area contributed by atoms with Crippen LogP contribution in [0.25, 0.3) is 5.69 Å². The van der Waals surface area contributed by atoms with Crippen molar-refractivity contribution >= 4 is 17.7 Å². The second-order valence-electron chi connectivity index (χ2n) is 4.96. The first-order valence-corrected chi connectivity index (χ1v) is 7.47. The van der Waals surface area contributed by atoms with Crippen molar-refractivity contribution in [3.05, 3.63) is 42.2 Å². The van der Waals surface area contributed by atoms with E-state index in [1.54, 1.807) is 13.1 Å². The van der Waals surface area contributed by atoms with Crippen molar-refractivity contribution in [3.63, 3.8) is 0 Å². The van der Waals surface area contributed by atoms with E-state index < -0.39 is 0 Å². The van der Waals surface area contributed by atoms with Crippen LogP contribution in [0.4, 0.5) is 0 Å². The average molecular weight is 289 g/mol. The minimum atomic E-state index is -0.332. The van der Waals surface area contributed by atoms with Crippen LogP contribution < -0.4 is 5.73 Å².